The molecule has 6 nitrogen and oxygen atoms in total. The molecule has 1 N–H and O–H groups in total. The number of methoxy groups -OCH3 is 1. The number of fused-ring (bicyclic) bond motifs is 1. The van der Waals surface area contributed by atoms with E-state index < -0.39 is 47.0 Å². The molecule has 2 aliphatic rings. The van der Waals surface area contributed by atoms with Crippen molar-refractivity contribution in [1.82, 2.24) is 5.32 Å². The van der Waals surface area contributed by atoms with Gasteiger partial charge in [0.1, 0.15) is 5.82 Å². The lowest BCUT2D eigenvalue weighted by Crippen LogP contribution is -2.53. The van der Waals surface area contributed by atoms with Gasteiger partial charge in [-0.1, -0.05) is 36.4 Å². The first-order valence-electron chi connectivity index (χ1n) is 10.1. The van der Waals surface area contributed by atoms with Crippen LogP contribution in [0, 0.1) is 17.7 Å². The van der Waals surface area contributed by atoms with Gasteiger partial charge in [0.15, 0.2) is 5.54 Å². The van der Waals surface area contributed by atoms with Crippen LogP contribution in [0.3, 0.4) is 0 Å². The standard InChI is InChI=1S/C24H19FN2O4S/c1-31-23(30)24(14-6-3-2-4-7-14)19-18(20(26-24)17-8-5-13-32-17)21(28)27(22(19)29)16-11-9-15(25)10-12-16/h2-13,18-20,26H,1H3/t18-,19-,20-,24-/m1/s1. The first-order chi connectivity index (χ1) is 15.5. The molecule has 0 aliphatic carbocycles. The smallest absolute Gasteiger partial charge is 0.331 e. The van der Waals surface area contributed by atoms with E-state index in [1.54, 1.807) is 24.3 Å². The van der Waals surface area contributed by atoms with Gasteiger partial charge in [0.2, 0.25) is 11.8 Å². The fourth-order valence-electron chi connectivity index (χ4n) is 4.90. The Morgan fingerprint density at radius 3 is 2.38 bits per heavy atom. The predicted molar refractivity (Wildman–Crippen MR) is 116 cm³/mol. The first kappa shape index (κ1) is 20.5. The Hall–Kier alpha value is -3.36. The highest BCUT2D eigenvalue weighted by Gasteiger charge is 2.69. The topological polar surface area (TPSA) is 75.7 Å². The van der Waals surface area contributed by atoms with Crippen LogP contribution in [0.1, 0.15) is 16.5 Å². The number of nitrogens with zero attached hydrogens (tertiary/aromatic N) is 1. The summed E-state index contributed by atoms with van der Waals surface area (Å²) < 4.78 is 18.7. The monoisotopic (exact) mass is 450 g/mol. The van der Waals surface area contributed by atoms with Crippen molar-refractivity contribution in [2.45, 2.75) is 11.6 Å². The van der Waals surface area contributed by atoms with Crippen LogP contribution in [-0.4, -0.2) is 24.9 Å². The van der Waals surface area contributed by atoms with Crippen molar-refractivity contribution in [1.29, 1.82) is 0 Å². The van der Waals surface area contributed by atoms with Gasteiger partial charge < -0.3 is 4.74 Å². The molecule has 2 fully saturated rings. The van der Waals surface area contributed by atoms with Crippen molar-refractivity contribution in [2.75, 3.05) is 12.0 Å². The van der Waals surface area contributed by atoms with Crippen molar-refractivity contribution >= 4 is 34.8 Å². The van der Waals surface area contributed by atoms with E-state index in [2.05, 4.69) is 5.32 Å². The highest BCUT2D eigenvalue weighted by molar-refractivity contribution is 7.10. The molecule has 0 unspecified atom stereocenters. The molecule has 1 aromatic heterocycles. The third kappa shape index (κ3) is 2.83. The quantitative estimate of drug-likeness (QED) is 0.487. The van der Waals surface area contributed by atoms with Crippen LogP contribution in [0.2, 0.25) is 0 Å². The highest BCUT2D eigenvalue weighted by Crippen LogP contribution is 2.54. The van der Waals surface area contributed by atoms with Crippen LogP contribution in [-0.2, 0) is 24.7 Å². The zero-order chi connectivity index (χ0) is 22.5. The fraction of sp³-hybridized carbons (Fsp3) is 0.208. The molecule has 3 heterocycles. The minimum absolute atomic E-state index is 0.271. The SMILES string of the molecule is COC(=O)[C@]1(c2ccccc2)N[C@H](c2cccs2)[C@@H]2C(=O)N(c3ccc(F)cc3)C(=O)[C@@H]21. The summed E-state index contributed by atoms with van der Waals surface area (Å²) in [6, 6.07) is 17.2. The molecule has 2 aromatic carbocycles. The van der Waals surface area contributed by atoms with Crippen LogP contribution in [0.4, 0.5) is 10.1 Å². The summed E-state index contributed by atoms with van der Waals surface area (Å²) in [7, 11) is 1.27. The number of esters is 1. The minimum Gasteiger partial charge on any atom is -0.467 e. The molecule has 8 heteroatoms. The number of nitrogens with one attached hydrogen (secondary N) is 1. The lowest BCUT2D eigenvalue weighted by Gasteiger charge is -2.32. The number of imide groups is 1. The van der Waals surface area contributed by atoms with Gasteiger partial charge in [-0.15, -0.1) is 11.3 Å². The van der Waals surface area contributed by atoms with Gasteiger partial charge in [-0.2, -0.15) is 0 Å². The number of amides is 2. The van der Waals surface area contributed by atoms with E-state index in [1.807, 2.05) is 23.6 Å². The van der Waals surface area contributed by atoms with Crippen molar-refractivity contribution in [3.8, 4) is 0 Å². The van der Waals surface area contributed by atoms with Gasteiger partial charge in [-0.25, -0.2) is 14.1 Å². The van der Waals surface area contributed by atoms with Gasteiger partial charge in [0, 0.05) is 4.88 Å². The van der Waals surface area contributed by atoms with Crippen LogP contribution >= 0.6 is 11.3 Å². The number of hydrogen-bond acceptors (Lipinski definition) is 6. The van der Waals surface area contributed by atoms with Crippen LogP contribution in [0.15, 0.2) is 72.1 Å². The maximum absolute atomic E-state index is 13.8. The molecular weight excluding hydrogens is 431 g/mol. The fourth-order valence-corrected chi connectivity index (χ4v) is 5.72. The molecule has 0 bridgehead atoms. The molecule has 162 valence electrons. The summed E-state index contributed by atoms with van der Waals surface area (Å²) in [5.74, 6) is -3.92. The number of rotatable bonds is 4. The molecular formula is C24H19FN2O4S. The molecule has 2 aliphatic heterocycles. The van der Waals surface area contributed by atoms with Crippen molar-refractivity contribution in [3.63, 3.8) is 0 Å². The number of carbonyl (C=O) groups is 3. The minimum atomic E-state index is -1.54. The van der Waals surface area contributed by atoms with E-state index in [0.717, 1.165) is 9.78 Å². The van der Waals surface area contributed by atoms with E-state index in [9.17, 15) is 18.8 Å². The predicted octanol–water partition coefficient (Wildman–Crippen LogP) is 3.41. The van der Waals surface area contributed by atoms with Gasteiger partial charge in [-0.05, 0) is 41.3 Å². The average molecular weight is 450 g/mol. The Morgan fingerprint density at radius 1 is 1.03 bits per heavy atom. The van der Waals surface area contributed by atoms with Gasteiger partial charge >= 0.3 is 5.97 Å². The number of hydrogen-bond donors (Lipinski definition) is 1. The second-order valence-corrected chi connectivity index (χ2v) is 8.77. The second-order valence-electron chi connectivity index (χ2n) is 7.79. The number of anilines is 1. The molecule has 5 rings (SSSR count). The number of halogens is 1. The zero-order valence-corrected chi connectivity index (χ0v) is 17.8. The van der Waals surface area contributed by atoms with E-state index in [4.69, 9.17) is 4.74 Å². The summed E-state index contributed by atoms with van der Waals surface area (Å²) in [6.45, 7) is 0. The molecule has 0 radical (unpaired) electrons. The van der Waals surface area contributed by atoms with Gasteiger partial charge in [0.25, 0.3) is 0 Å². The largest absolute Gasteiger partial charge is 0.467 e. The Morgan fingerprint density at radius 2 is 1.75 bits per heavy atom. The molecule has 4 atom stereocenters. The average Bonchev–Trinajstić information content (AvgIpc) is 3.52. The lowest BCUT2D eigenvalue weighted by molar-refractivity contribution is -0.152. The van der Waals surface area contributed by atoms with Crippen LogP contribution in [0.25, 0.3) is 0 Å². The summed E-state index contributed by atoms with van der Waals surface area (Å²) in [4.78, 5) is 42.6. The third-order valence-corrected chi connectivity index (χ3v) is 7.19. The summed E-state index contributed by atoms with van der Waals surface area (Å²) in [5, 5.41) is 5.21. The van der Waals surface area contributed by atoms with Crippen molar-refractivity contribution < 1.29 is 23.5 Å². The zero-order valence-electron chi connectivity index (χ0n) is 17.0. The van der Waals surface area contributed by atoms with Crippen LogP contribution in [0.5, 0.6) is 0 Å². The lowest BCUT2D eigenvalue weighted by atomic mass is 9.75. The van der Waals surface area contributed by atoms with Gasteiger partial charge in [0.05, 0.1) is 30.7 Å². The Labute approximate surface area is 187 Å². The Balaban J connectivity index is 1.71. The highest BCUT2D eigenvalue weighted by atomic mass is 32.1. The summed E-state index contributed by atoms with van der Waals surface area (Å²) in [5.41, 5.74) is -0.729. The normalized spacial score (nSPS) is 26.9. The number of benzene rings is 2. The molecule has 0 saturated carbocycles. The molecule has 2 amide bonds. The number of thiophene rings is 1. The maximum atomic E-state index is 13.8. The van der Waals surface area contributed by atoms with E-state index in [0.29, 0.717) is 5.56 Å². The Kier molecular flexibility index (Phi) is 4.91. The number of ether oxygens (including phenoxy) is 1. The van der Waals surface area contributed by atoms with E-state index >= 15 is 0 Å². The Bertz CT molecular complexity index is 1180. The number of carbonyl (C=O) groups excluding carboxylic acids is 3. The summed E-state index contributed by atoms with van der Waals surface area (Å²) in [6.07, 6.45) is 0. The van der Waals surface area contributed by atoms with Crippen LogP contribution < -0.4 is 10.2 Å². The summed E-state index contributed by atoms with van der Waals surface area (Å²) >= 11 is 1.44. The van der Waals surface area contributed by atoms with E-state index in [-0.39, 0.29) is 5.69 Å². The third-order valence-electron chi connectivity index (χ3n) is 6.23. The van der Waals surface area contributed by atoms with Gasteiger partial charge in [-0.3, -0.25) is 14.9 Å². The first-order valence-corrected chi connectivity index (χ1v) is 11.0. The van der Waals surface area contributed by atoms with Crippen molar-refractivity contribution in [3.05, 3.63) is 88.4 Å². The van der Waals surface area contributed by atoms with Crippen molar-refractivity contribution in [2.24, 2.45) is 11.8 Å². The van der Waals surface area contributed by atoms with E-state index in [1.165, 1.54) is 42.7 Å². The second kappa shape index (κ2) is 7.65. The maximum Gasteiger partial charge on any atom is 0.331 e. The molecule has 2 saturated heterocycles. The molecule has 3 aromatic rings. The molecule has 32 heavy (non-hydrogen) atoms. The molecule has 0 spiro atoms.